The van der Waals surface area contributed by atoms with Gasteiger partial charge >= 0.3 is 5.97 Å². The van der Waals surface area contributed by atoms with E-state index in [-0.39, 0.29) is 5.82 Å². The molecule has 2 rings (SSSR count). The summed E-state index contributed by atoms with van der Waals surface area (Å²) in [4.78, 5) is 22.4. The number of anilines is 1. The fourth-order valence-corrected chi connectivity index (χ4v) is 1.21. The largest absolute Gasteiger partial charge is 0.480 e. The standard InChI is InChI=1S/C8H10N6O2/c1-4(8(15)16)13-14-3-12-5-6(9)10-2-11-7(5)14/h2-4,13H,1H3,(H,15,16)(H2,9,10,11). The molecule has 0 saturated carbocycles. The first-order chi connectivity index (χ1) is 7.59. The Morgan fingerprint density at radius 2 is 2.31 bits per heavy atom. The molecule has 0 aliphatic carbocycles. The van der Waals surface area contributed by atoms with Gasteiger partial charge in [-0.2, -0.15) is 0 Å². The molecule has 0 amide bonds. The van der Waals surface area contributed by atoms with Crippen LogP contribution in [0.15, 0.2) is 12.7 Å². The van der Waals surface area contributed by atoms with Crippen molar-refractivity contribution in [3.8, 4) is 0 Å². The number of rotatable bonds is 3. The Morgan fingerprint density at radius 1 is 1.56 bits per heavy atom. The lowest BCUT2D eigenvalue weighted by Gasteiger charge is -2.11. The van der Waals surface area contributed by atoms with Crippen LogP contribution in [-0.2, 0) is 4.79 Å². The second-order valence-electron chi connectivity index (χ2n) is 3.23. The lowest BCUT2D eigenvalue weighted by molar-refractivity contribution is -0.137. The number of carboxylic acid groups (broad SMARTS) is 1. The van der Waals surface area contributed by atoms with Gasteiger partial charge in [0.25, 0.3) is 0 Å². The van der Waals surface area contributed by atoms with E-state index in [1.165, 1.54) is 24.3 Å². The molecule has 2 heterocycles. The third-order valence-electron chi connectivity index (χ3n) is 2.06. The molecule has 0 aliphatic rings. The quantitative estimate of drug-likeness (QED) is 0.635. The molecule has 0 spiro atoms. The molecule has 0 radical (unpaired) electrons. The molecule has 2 aromatic rings. The van der Waals surface area contributed by atoms with Gasteiger partial charge in [-0.15, -0.1) is 0 Å². The van der Waals surface area contributed by atoms with Gasteiger partial charge in [-0.25, -0.2) is 24.4 Å². The minimum Gasteiger partial charge on any atom is -0.480 e. The fraction of sp³-hybridized carbons (Fsp3) is 0.250. The maximum atomic E-state index is 10.7. The first-order valence-electron chi connectivity index (χ1n) is 4.52. The fourth-order valence-electron chi connectivity index (χ4n) is 1.21. The van der Waals surface area contributed by atoms with Gasteiger partial charge in [0, 0.05) is 0 Å². The number of nitrogens with one attached hydrogen (secondary N) is 1. The number of carbonyl (C=O) groups is 1. The summed E-state index contributed by atoms with van der Waals surface area (Å²) < 4.78 is 1.41. The summed E-state index contributed by atoms with van der Waals surface area (Å²) >= 11 is 0. The summed E-state index contributed by atoms with van der Waals surface area (Å²) in [6.45, 7) is 1.51. The molecule has 4 N–H and O–H groups in total. The molecule has 0 bridgehead atoms. The maximum absolute atomic E-state index is 10.7. The number of nitrogens with zero attached hydrogens (tertiary/aromatic N) is 4. The predicted molar refractivity (Wildman–Crippen MR) is 56.2 cm³/mol. The van der Waals surface area contributed by atoms with Crippen LogP contribution < -0.4 is 11.2 Å². The van der Waals surface area contributed by atoms with Gasteiger partial charge in [0.05, 0.1) is 0 Å². The Kier molecular flexibility index (Phi) is 2.31. The third-order valence-corrected chi connectivity index (χ3v) is 2.06. The van der Waals surface area contributed by atoms with Crippen LogP contribution in [0.5, 0.6) is 0 Å². The van der Waals surface area contributed by atoms with E-state index in [2.05, 4.69) is 20.4 Å². The van der Waals surface area contributed by atoms with Crippen molar-refractivity contribution in [2.75, 3.05) is 11.2 Å². The first kappa shape index (κ1) is 10.1. The molecular weight excluding hydrogens is 212 g/mol. The Balaban J connectivity index is 2.39. The zero-order valence-corrected chi connectivity index (χ0v) is 8.45. The first-order valence-corrected chi connectivity index (χ1v) is 4.52. The van der Waals surface area contributed by atoms with Crippen molar-refractivity contribution in [3.63, 3.8) is 0 Å². The highest BCUT2D eigenvalue weighted by Gasteiger charge is 2.13. The molecule has 1 unspecified atom stereocenters. The molecule has 0 aliphatic heterocycles. The van der Waals surface area contributed by atoms with Crippen LogP contribution in [0.4, 0.5) is 5.82 Å². The second-order valence-corrected chi connectivity index (χ2v) is 3.23. The zero-order valence-electron chi connectivity index (χ0n) is 8.45. The summed E-state index contributed by atoms with van der Waals surface area (Å²) in [5.74, 6) is -0.711. The Morgan fingerprint density at radius 3 is 3.00 bits per heavy atom. The van der Waals surface area contributed by atoms with E-state index in [1.54, 1.807) is 0 Å². The smallest absolute Gasteiger partial charge is 0.327 e. The summed E-state index contributed by atoms with van der Waals surface area (Å²) in [6, 6.07) is -0.756. The van der Waals surface area contributed by atoms with Crippen LogP contribution in [0.3, 0.4) is 0 Å². The van der Waals surface area contributed by atoms with Gasteiger partial charge in [-0.05, 0) is 6.92 Å². The van der Waals surface area contributed by atoms with Crippen molar-refractivity contribution in [3.05, 3.63) is 12.7 Å². The Labute approximate surface area is 90.1 Å². The summed E-state index contributed by atoms with van der Waals surface area (Å²) in [6.07, 6.45) is 2.71. The van der Waals surface area contributed by atoms with Gasteiger partial charge in [-0.1, -0.05) is 0 Å². The minimum absolute atomic E-state index is 0.258. The zero-order chi connectivity index (χ0) is 11.7. The van der Waals surface area contributed by atoms with E-state index in [4.69, 9.17) is 10.8 Å². The highest BCUT2D eigenvalue weighted by atomic mass is 16.4. The highest BCUT2D eigenvalue weighted by Crippen LogP contribution is 2.12. The number of carboxylic acids is 1. The number of nitrogen functional groups attached to an aromatic ring is 1. The van der Waals surface area contributed by atoms with E-state index in [0.29, 0.717) is 11.2 Å². The molecule has 0 saturated heterocycles. The Bertz CT molecular complexity index is 536. The highest BCUT2D eigenvalue weighted by molar-refractivity contribution is 5.82. The van der Waals surface area contributed by atoms with Crippen LogP contribution in [0.25, 0.3) is 11.2 Å². The van der Waals surface area contributed by atoms with Crippen molar-refractivity contribution in [2.24, 2.45) is 0 Å². The van der Waals surface area contributed by atoms with E-state index in [0.717, 1.165) is 0 Å². The number of hydrogen-bond donors (Lipinski definition) is 3. The topological polar surface area (TPSA) is 119 Å². The van der Waals surface area contributed by atoms with Crippen molar-refractivity contribution >= 4 is 23.0 Å². The lowest BCUT2D eigenvalue weighted by Crippen LogP contribution is -2.32. The number of nitrogens with two attached hydrogens (primary N) is 1. The summed E-state index contributed by atoms with van der Waals surface area (Å²) in [5.41, 5.74) is 9.17. The third kappa shape index (κ3) is 1.60. The molecule has 84 valence electrons. The van der Waals surface area contributed by atoms with Crippen LogP contribution in [0.1, 0.15) is 6.92 Å². The average molecular weight is 222 g/mol. The van der Waals surface area contributed by atoms with Crippen LogP contribution in [0, 0.1) is 0 Å². The summed E-state index contributed by atoms with van der Waals surface area (Å²) in [5, 5.41) is 8.75. The van der Waals surface area contributed by atoms with E-state index in [1.807, 2.05) is 0 Å². The second kappa shape index (κ2) is 3.65. The maximum Gasteiger partial charge on any atom is 0.327 e. The lowest BCUT2D eigenvalue weighted by atomic mass is 10.4. The number of fused-ring (bicyclic) bond motifs is 1. The van der Waals surface area contributed by atoms with Gasteiger partial charge in [-0.3, -0.25) is 0 Å². The van der Waals surface area contributed by atoms with Crippen LogP contribution >= 0.6 is 0 Å². The number of aromatic nitrogens is 4. The molecule has 16 heavy (non-hydrogen) atoms. The normalized spacial score (nSPS) is 12.6. The average Bonchev–Trinajstić information content (AvgIpc) is 2.63. The predicted octanol–water partition coefficient (Wildman–Crippen LogP) is -0.575. The van der Waals surface area contributed by atoms with Crippen molar-refractivity contribution in [2.45, 2.75) is 13.0 Å². The van der Waals surface area contributed by atoms with Crippen molar-refractivity contribution in [1.82, 2.24) is 19.6 Å². The molecular formula is C8H10N6O2. The van der Waals surface area contributed by atoms with Crippen LogP contribution in [-0.4, -0.2) is 36.7 Å². The molecule has 2 aromatic heterocycles. The van der Waals surface area contributed by atoms with E-state index in [9.17, 15) is 4.79 Å². The van der Waals surface area contributed by atoms with Gasteiger partial charge < -0.3 is 16.3 Å². The van der Waals surface area contributed by atoms with E-state index >= 15 is 0 Å². The van der Waals surface area contributed by atoms with Gasteiger partial charge in [0.15, 0.2) is 17.0 Å². The SMILES string of the molecule is CC(Nn1cnc2c(N)ncnc21)C(=O)O. The number of aliphatic carboxylic acids is 1. The monoisotopic (exact) mass is 222 g/mol. The Hall–Kier alpha value is -2.38. The summed E-state index contributed by atoms with van der Waals surface area (Å²) in [7, 11) is 0. The molecule has 0 aromatic carbocycles. The van der Waals surface area contributed by atoms with E-state index < -0.39 is 12.0 Å². The number of hydrogen-bond acceptors (Lipinski definition) is 6. The molecule has 1 atom stereocenters. The van der Waals surface area contributed by atoms with Gasteiger partial charge in [0.1, 0.15) is 18.7 Å². The molecule has 8 nitrogen and oxygen atoms in total. The van der Waals surface area contributed by atoms with Gasteiger partial charge in [0.2, 0.25) is 0 Å². The minimum atomic E-state index is -0.969. The molecule has 0 fully saturated rings. The van der Waals surface area contributed by atoms with Crippen molar-refractivity contribution in [1.29, 1.82) is 0 Å². The molecule has 8 heteroatoms. The van der Waals surface area contributed by atoms with Crippen LogP contribution in [0.2, 0.25) is 0 Å². The van der Waals surface area contributed by atoms with Crippen molar-refractivity contribution < 1.29 is 9.90 Å². The number of imidazole rings is 1.